The first-order valence-electron chi connectivity index (χ1n) is 6.26. The fourth-order valence-electron chi connectivity index (χ4n) is 1.98. The van der Waals surface area contributed by atoms with E-state index in [-0.39, 0.29) is 0 Å². The lowest BCUT2D eigenvalue weighted by Gasteiger charge is -2.13. The number of aromatic amines is 1. The summed E-state index contributed by atoms with van der Waals surface area (Å²) in [5.41, 5.74) is 9.02. The first-order chi connectivity index (χ1) is 9.08. The number of methoxy groups -OCH3 is 1. The Balaban J connectivity index is 2.56. The Morgan fingerprint density at radius 1 is 1.47 bits per heavy atom. The molecule has 102 valence electrons. The van der Waals surface area contributed by atoms with Gasteiger partial charge in [0.15, 0.2) is 5.82 Å². The van der Waals surface area contributed by atoms with Gasteiger partial charge >= 0.3 is 0 Å². The number of nitrogens with zero attached hydrogens (tertiary/aromatic N) is 1. The molecule has 19 heavy (non-hydrogen) atoms. The normalized spacial score (nSPS) is 12.4. The first kappa shape index (κ1) is 14.2. The van der Waals surface area contributed by atoms with E-state index in [0.717, 1.165) is 27.0 Å². The SMILES string of the molecule is CCC(C)c1ccc(OC)c(-c2[nH]nc(N)c2I)c1. The Morgan fingerprint density at radius 3 is 2.74 bits per heavy atom. The second-order valence-corrected chi connectivity index (χ2v) is 5.65. The van der Waals surface area contributed by atoms with Crippen LogP contribution in [0.4, 0.5) is 5.82 Å². The zero-order chi connectivity index (χ0) is 14.0. The molecule has 1 aromatic carbocycles. The number of H-pyrrole nitrogens is 1. The molecule has 1 unspecified atom stereocenters. The molecule has 1 aromatic heterocycles. The van der Waals surface area contributed by atoms with Crippen LogP contribution >= 0.6 is 22.6 Å². The van der Waals surface area contributed by atoms with Crippen molar-refractivity contribution in [3.8, 4) is 17.0 Å². The number of anilines is 1. The quantitative estimate of drug-likeness (QED) is 0.804. The van der Waals surface area contributed by atoms with Crippen LogP contribution in [0.15, 0.2) is 18.2 Å². The summed E-state index contributed by atoms with van der Waals surface area (Å²) in [6.07, 6.45) is 1.11. The van der Waals surface area contributed by atoms with E-state index in [9.17, 15) is 0 Å². The predicted octanol–water partition coefficient (Wildman–Crippen LogP) is 3.79. The molecule has 1 heterocycles. The summed E-state index contributed by atoms with van der Waals surface area (Å²) in [7, 11) is 1.67. The lowest BCUT2D eigenvalue weighted by Crippen LogP contribution is -1.96. The lowest BCUT2D eigenvalue weighted by molar-refractivity contribution is 0.416. The zero-order valence-corrected chi connectivity index (χ0v) is 13.5. The van der Waals surface area contributed by atoms with Crippen molar-refractivity contribution in [2.45, 2.75) is 26.2 Å². The van der Waals surface area contributed by atoms with Crippen LogP contribution in [0.5, 0.6) is 5.75 Å². The summed E-state index contributed by atoms with van der Waals surface area (Å²) in [5.74, 6) is 1.86. The van der Waals surface area contributed by atoms with Crippen LogP contribution in [0.3, 0.4) is 0 Å². The van der Waals surface area contributed by atoms with Gasteiger partial charge in [0.05, 0.1) is 16.4 Å². The van der Waals surface area contributed by atoms with Crippen LogP contribution < -0.4 is 10.5 Å². The molecule has 2 aromatic rings. The Kier molecular flexibility index (Phi) is 4.34. The van der Waals surface area contributed by atoms with E-state index in [1.54, 1.807) is 7.11 Å². The number of rotatable bonds is 4. The summed E-state index contributed by atoms with van der Waals surface area (Å²) in [6, 6.07) is 6.27. The molecule has 0 saturated heterocycles. The van der Waals surface area contributed by atoms with E-state index in [4.69, 9.17) is 10.5 Å². The molecule has 0 spiro atoms. The topological polar surface area (TPSA) is 63.9 Å². The highest BCUT2D eigenvalue weighted by Crippen LogP contribution is 2.36. The van der Waals surface area contributed by atoms with Crippen LogP contribution in [0, 0.1) is 3.57 Å². The van der Waals surface area contributed by atoms with Gasteiger partial charge in [-0.1, -0.05) is 19.9 Å². The second kappa shape index (κ2) is 5.81. The van der Waals surface area contributed by atoms with Gasteiger partial charge in [-0.25, -0.2) is 0 Å². The number of benzene rings is 1. The Hall–Kier alpha value is -1.24. The van der Waals surface area contributed by atoms with Gasteiger partial charge in [-0.3, -0.25) is 5.10 Å². The van der Waals surface area contributed by atoms with E-state index in [1.807, 2.05) is 6.07 Å². The molecule has 5 heteroatoms. The Bertz CT molecular complexity index is 580. The van der Waals surface area contributed by atoms with E-state index < -0.39 is 0 Å². The smallest absolute Gasteiger partial charge is 0.159 e. The molecule has 1 atom stereocenters. The predicted molar refractivity (Wildman–Crippen MR) is 86.4 cm³/mol. The maximum absolute atomic E-state index is 5.80. The average molecular weight is 371 g/mol. The fraction of sp³-hybridized carbons (Fsp3) is 0.357. The summed E-state index contributed by atoms with van der Waals surface area (Å²) in [6.45, 7) is 4.41. The standard InChI is InChI=1S/C14H18IN3O/c1-4-8(2)9-5-6-11(19-3)10(7-9)13-12(15)14(16)18-17-13/h5-8H,4H2,1-3H3,(H3,16,17,18). The van der Waals surface area contributed by atoms with Crippen molar-refractivity contribution in [2.24, 2.45) is 0 Å². The molecule has 0 aliphatic rings. The van der Waals surface area contributed by atoms with Crippen LogP contribution in [0.25, 0.3) is 11.3 Å². The van der Waals surface area contributed by atoms with Gasteiger partial charge in [0.25, 0.3) is 0 Å². The van der Waals surface area contributed by atoms with E-state index in [2.05, 4.69) is 58.8 Å². The molecule has 0 bridgehead atoms. The van der Waals surface area contributed by atoms with Crippen LogP contribution in [0.2, 0.25) is 0 Å². The van der Waals surface area contributed by atoms with Crippen molar-refractivity contribution in [1.29, 1.82) is 0 Å². The van der Waals surface area contributed by atoms with Crippen molar-refractivity contribution in [3.63, 3.8) is 0 Å². The molecular formula is C14H18IN3O. The Labute approximate surface area is 126 Å². The number of ether oxygens (including phenoxy) is 1. The number of hydrogen-bond donors (Lipinski definition) is 2. The summed E-state index contributed by atoms with van der Waals surface area (Å²) < 4.78 is 6.37. The minimum absolute atomic E-state index is 0.516. The molecule has 4 nitrogen and oxygen atoms in total. The number of nitrogen functional groups attached to an aromatic ring is 1. The minimum Gasteiger partial charge on any atom is -0.496 e. The number of nitrogens with two attached hydrogens (primary N) is 1. The van der Waals surface area contributed by atoms with Crippen molar-refractivity contribution in [2.75, 3.05) is 12.8 Å². The van der Waals surface area contributed by atoms with Gasteiger partial charge in [0, 0.05) is 5.56 Å². The molecule has 0 saturated carbocycles. The molecule has 3 N–H and O–H groups in total. The number of hydrogen-bond acceptors (Lipinski definition) is 3. The summed E-state index contributed by atoms with van der Waals surface area (Å²) in [4.78, 5) is 0. The van der Waals surface area contributed by atoms with Gasteiger partial charge < -0.3 is 10.5 Å². The monoisotopic (exact) mass is 371 g/mol. The molecule has 0 fully saturated rings. The van der Waals surface area contributed by atoms with E-state index >= 15 is 0 Å². The number of nitrogens with one attached hydrogen (secondary N) is 1. The maximum atomic E-state index is 5.80. The van der Waals surface area contributed by atoms with Gasteiger partial charge in [-0.05, 0) is 52.6 Å². The second-order valence-electron chi connectivity index (χ2n) is 4.57. The van der Waals surface area contributed by atoms with E-state index in [1.165, 1.54) is 5.56 Å². The molecular weight excluding hydrogens is 353 g/mol. The molecule has 0 aliphatic heterocycles. The average Bonchev–Trinajstić information content (AvgIpc) is 2.77. The number of halogens is 1. The third-order valence-electron chi connectivity index (χ3n) is 3.41. The Morgan fingerprint density at radius 2 is 2.21 bits per heavy atom. The minimum atomic E-state index is 0.516. The highest BCUT2D eigenvalue weighted by atomic mass is 127. The zero-order valence-electron chi connectivity index (χ0n) is 11.3. The highest BCUT2D eigenvalue weighted by molar-refractivity contribution is 14.1. The maximum Gasteiger partial charge on any atom is 0.159 e. The lowest BCUT2D eigenvalue weighted by atomic mass is 9.95. The fourth-order valence-corrected chi connectivity index (χ4v) is 2.52. The van der Waals surface area contributed by atoms with Crippen molar-refractivity contribution >= 4 is 28.4 Å². The molecule has 2 rings (SSSR count). The molecule has 0 amide bonds. The first-order valence-corrected chi connectivity index (χ1v) is 7.34. The third-order valence-corrected chi connectivity index (χ3v) is 4.50. The van der Waals surface area contributed by atoms with Gasteiger partial charge in [-0.15, -0.1) is 0 Å². The van der Waals surface area contributed by atoms with Crippen molar-refractivity contribution in [3.05, 3.63) is 27.3 Å². The van der Waals surface area contributed by atoms with Crippen LogP contribution in [-0.2, 0) is 0 Å². The van der Waals surface area contributed by atoms with Crippen molar-refractivity contribution < 1.29 is 4.74 Å². The van der Waals surface area contributed by atoms with Crippen LogP contribution in [-0.4, -0.2) is 17.3 Å². The summed E-state index contributed by atoms with van der Waals surface area (Å²) in [5, 5.41) is 7.04. The largest absolute Gasteiger partial charge is 0.496 e. The van der Waals surface area contributed by atoms with Gasteiger partial charge in [0.1, 0.15) is 5.75 Å². The van der Waals surface area contributed by atoms with E-state index in [0.29, 0.717) is 11.7 Å². The third kappa shape index (κ3) is 2.70. The summed E-state index contributed by atoms with van der Waals surface area (Å²) >= 11 is 2.20. The highest BCUT2D eigenvalue weighted by Gasteiger charge is 2.16. The van der Waals surface area contributed by atoms with Gasteiger partial charge in [-0.2, -0.15) is 5.10 Å². The molecule has 0 radical (unpaired) electrons. The number of aromatic nitrogens is 2. The van der Waals surface area contributed by atoms with Crippen molar-refractivity contribution in [1.82, 2.24) is 10.2 Å². The molecule has 0 aliphatic carbocycles. The van der Waals surface area contributed by atoms with Gasteiger partial charge in [0.2, 0.25) is 0 Å². The van der Waals surface area contributed by atoms with Crippen LogP contribution in [0.1, 0.15) is 31.7 Å².